The SMILES string of the molecule is CNCC(C)CCCN(C)c1c(F)cc2c(=O)c(C(=O)O)cn(C3CC3)c2c1OC. The summed E-state index contributed by atoms with van der Waals surface area (Å²) in [5.74, 6) is -1.11. The third-order valence-corrected chi connectivity index (χ3v) is 5.70. The predicted molar refractivity (Wildman–Crippen MR) is 116 cm³/mol. The van der Waals surface area contributed by atoms with Crippen molar-refractivity contribution in [2.75, 3.05) is 39.2 Å². The molecule has 164 valence electrons. The first-order valence-electron chi connectivity index (χ1n) is 10.3. The Hall–Kier alpha value is -2.61. The molecule has 2 aromatic rings. The summed E-state index contributed by atoms with van der Waals surface area (Å²) in [6.45, 7) is 3.73. The van der Waals surface area contributed by atoms with Crippen LogP contribution in [0.3, 0.4) is 0 Å². The number of aromatic carboxylic acids is 1. The maximum Gasteiger partial charge on any atom is 0.341 e. The lowest BCUT2D eigenvalue weighted by Gasteiger charge is -2.25. The Bertz CT molecular complexity index is 1000. The summed E-state index contributed by atoms with van der Waals surface area (Å²) in [7, 11) is 5.18. The number of aromatic nitrogens is 1. The fourth-order valence-electron chi connectivity index (χ4n) is 4.02. The number of anilines is 1. The van der Waals surface area contributed by atoms with E-state index in [1.165, 1.54) is 13.3 Å². The van der Waals surface area contributed by atoms with Crippen LogP contribution in [0.2, 0.25) is 0 Å². The van der Waals surface area contributed by atoms with Crippen molar-refractivity contribution in [3.05, 3.63) is 33.9 Å². The maximum atomic E-state index is 15.2. The smallest absolute Gasteiger partial charge is 0.341 e. The second-order valence-electron chi connectivity index (χ2n) is 8.18. The molecule has 1 aromatic heterocycles. The topological polar surface area (TPSA) is 83.8 Å². The Morgan fingerprint density at radius 1 is 1.47 bits per heavy atom. The molecule has 30 heavy (non-hydrogen) atoms. The van der Waals surface area contributed by atoms with Gasteiger partial charge in [0.2, 0.25) is 5.43 Å². The number of carboxylic acid groups (broad SMARTS) is 1. The highest BCUT2D eigenvalue weighted by atomic mass is 19.1. The highest BCUT2D eigenvalue weighted by Gasteiger charge is 2.30. The third kappa shape index (κ3) is 4.28. The Morgan fingerprint density at radius 2 is 2.17 bits per heavy atom. The van der Waals surface area contributed by atoms with E-state index in [2.05, 4.69) is 12.2 Å². The molecular weight excluding hydrogens is 389 g/mol. The van der Waals surface area contributed by atoms with E-state index in [4.69, 9.17) is 4.74 Å². The zero-order chi connectivity index (χ0) is 22.0. The monoisotopic (exact) mass is 419 g/mol. The molecule has 8 heteroatoms. The Labute approximate surface area is 175 Å². The lowest BCUT2D eigenvalue weighted by molar-refractivity contribution is 0.0695. The van der Waals surface area contributed by atoms with Gasteiger partial charge in [-0.15, -0.1) is 0 Å². The summed E-state index contributed by atoms with van der Waals surface area (Å²) < 4.78 is 22.5. The first-order chi connectivity index (χ1) is 14.3. The van der Waals surface area contributed by atoms with Crippen molar-refractivity contribution in [2.45, 2.75) is 38.6 Å². The average Bonchev–Trinajstić information content (AvgIpc) is 3.52. The molecule has 1 unspecified atom stereocenters. The van der Waals surface area contributed by atoms with E-state index in [-0.39, 0.29) is 22.7 Å². The molecule has 3 rings (SSSR count). The standard InChI is InChI=1S/C22H30FN3O4/c1-13(11-24-2)6-5-9-25(3)19-17(23)10-15-18(21(19)30-4)26(14-7-8-14)12-16(20(15)27)22(28)29/h10,12-14,24H,5-9,11H2,1-4H3,(H,28,29). The molecule has 1 aliphatic rings. The van der Waals surface area contributed by atoms with Crippen molar-refractivity contribution >= 4 is 22.6 Å². The molecule has 1 aromatic carbocycles. The second-order valence-corrected chi connectivity index (χ2v) is 8.18. The number of benzene rings is 1. The van der Waals surface area contributed by atoms with E-state index >= 15 is 4.39 Å². The van der Waals surface area contributed by atoms with Crippen LogP contribution in [-0.4, -0.2) is 49.9 Å². The summed E-state index contributed by atoms with van der Waals surface area (Å²) in [6, 6.07) is 1.24. The molecule has 7 nitrogen and oxygen atoms in total. The highest BCUT2D eigenvalue weighted by molar-refractivity contribution is 5.97. The quantitative estimate of drug-likeness (QED) is 0.615. The van der Waals surface area contributed by atoms with Gasteiger partial charge in [-0.25, -0.2) is 9.18 Å². The first kappa shape index (κ1) is 22.1. The van der Waals surface area contributed by atoms with E-state index < -0.39 is 17.2 Å². The molecule has 0 aliphatic heterocycles. The molecule has 0 saturated heterocycles. The largest absolute Gasteiger partial charge is 0.492 e. The van der Waals surface area contributed by atoms with Gasteiger partial charge in [0.25, 0.3) is 0 Å². The molecule has 0 amide bonds. The fourth-order valence-corrected chi connectivity index (χ4v) is 4.02. The molecule has 0 bridgehead atoms. The van der Waals surface area contributed by atoms with E-state index in [0.29, 0.717) is 23.7 Å². The van der Waals surface area contributed by atoms with Gasteiger partial charge in [-0.1, -0.05) is 6.92 Å². The molecule has 0 radical (unpaired) electrons. The molecule has 0 spiro atoms. The zero-order valence-electron chi connectivity index (χ0n) is 18.0. The molecular formula is C22H30FN3O4. The number of rotatable bonds is 10. The number of pyridine rings is 1. The van der Waals surface area contributed by atoms with Crippen LogP contribution < -0.4 is 20.4 Å². The van der Waals surface area contributed by atoms with E-state index in [0.717, 1.165) is 38.3 Å². The van der Waals surface area contributed by atoms with Gasteiger partial charge in [-0.3, -0.25) is 4.79 Å². The maximum absolute atomic E-state index is 15.2. The van der Waals surface area contributed by atoms with Crippen molar-refractivity contribution in [3.8, 4) is 5.75 Å². The Kier molecular flexibility index (Phi) is 6.65. The minimum Gasteiger partial charge on any atom is -0.492 e. The molecule has 1 heterocycles. The van der Waals surface area contributed by atoms with Gasteiger partial charge in [0.05, 0.1) is 18.0 Å². The molecule has 1 atom stereocenters. The lowest BCUT2D eigenvalue weighted by atomic mass is 10.0. The summed E-state index contributed by atoms with van der Waals surface area (Å²) >= 11 is 0. The van der Waals surface area contributed by atoms with Crippen molar-refractivity contribution in [1.82, 2.24) is 9.88 Å². The van der Waals surface area contributed by atoms with Crippen LogP contribution in [0.4, 0.5) is 10.1 Å². The van der Waals surface area contributed by atoms with Gasteiger partial charge in [-0.2, -0.15) is 0 Å². The minimum atomic E-state index is -1.31. The lowest BCUT2D eigenvalue weighted by Crippen LogP contribution is -2.24. The number of nitrogens with one attached hydrogen (secondary N) is 1. The number of nitrogens with zero attached hydrogens (tertiary/aromatic N) is 2. The van der Waals surface area contributed by atoms with Gasteiger partial charge in [-0.05, 0) is 51.3 Å². The van der Waals surface area contributed by atoms with Crippen LogP contribution in [0.1, 0.15) is 49.0 Å². The van der Waals surface area contributed by atoms with Crippen LogP contribution in [-0.2, 0) is 0 Å². The number of halogens is 1. The molecule has 1 saturated carbocycles. The second kappa shape index (κ2) is 9.04. The number of hydrogen-bond donors (Lipinski definition) is 2. The van der Waals surface area contributed by atoms with Crippen LogP contribution in [0.25, 0.3) is 10.9 Å². The van der Waals surface area contributed by atoms with Gasteiger partial charge in [0.1, 0.15) is 11.3 Å². The van der Waals surface area contributed by atoms with E-state index in [1.807, 2.05) is 11.9 Å². The van der Waals surface area contributed by atoms with E-state index in [9.17, 15) is 14.7 Å². The Morgan fingerprint density at radius 3 is 2.73 bits per heavy atom. The van der Waals surface area contributed by atoms with Gasteiger partial charge in [0, 0.05) is 25.8 Å². The van der Waals surface area contributed by atoms with Crippen LogP contribution in [0, 0.1) is 11.7 Å². The van der Waals surface area contributed by atoms with Crippen LogP contribution in [0.5, 0.6) is 5.75 Å². The highest BCUT2D eigenvalue weighted by Crippen LogP contribution is 2.43. The summed E-state index contributed by atoms with van der Waals surface area (Å²) in [5, 5.41) is 12.6. The number of fused-ring (bicyclic) bond motifs is 1. The van der Waals surface area contributed by atoms with E-state index in [1.54, 1.807) is 11.6 Å². The third-order valence-electron chi connectivity index (χ3n) is 5.70. The van der Waals surface area contributed by atoms with Crippen molar-refractivity contribution in [2.24, 2.45) is 5.92 Å². The predicted octanol–water partition coefficient (Wildman–Crippen LogP) is 3.25. The van der Waals surface area contributed by atoms with Crippen molar-refractivity contribution in [3.63, 3.8) is 0 Å². The summed E-state index contributed by atoms with van der Waals surface area (Å²) in [6.07, 6.45) is 5.01. The number of methoxy groups -OCH3 is 1. The van der Waals surface area contributed by atoms with Gasteiger partial charge in [0.15, 0.2) is 11.6 Å². The zero-order valence-corrected chi connectivity index (χ0v) is 18.0. The summed E-state index contributed by atoms with van der Waals surface area (Å²) in [4.78, 5) is 26.1. The van der Waals surface area contributed by atoms with Gasteiger partial charge < -0.3 is 24.6 Å². The minimum absolute atomic E-state index is 0.0379. The Balaban J connectivity index is 2.07. The molecule has 1 fully saturated rings. The number of carbonyl (C=O) groups is 1. The summed E-state index contributed by atoms with van der Waals surface area (Å²) in [5.41, 5.74) is -0.290. The molecule has 2 N–H and O–H groups in total. The van der Waals surface area contributed by atoms with Crippen molar-refractivity contribution in [1.29, 1.82) is 0 Å². The number of carboxylic acids is 1. The number of ether oxygens (including phenoxy) is 1. The molecule has 1 aliphatic carbocycles. The van der Waals surface area contributed by atoms with Crippen LogP contribution in [0.15, 0.2) is 17.1 Å². The van der Waals surface area contributed by atoms with Gasteiger partial charge >= 0.3 is 5.97 Å². The average molecular weight is 419 g/mol. The number of hydrogen-bond acceptors (Lipinski definition) is 5. The first-order valence-corrected chi connectivity index (χ1v) is 10.3. The fraction of sp³-hybridized carbons (Fsp3) is 0.545. The van der Waals surface area contributed by atoms with Crippen LogP contribution >= 0.6 is 0 Å². The van der Waals surface area contributed by atoms with Crippen molar-refractivity contribution < 1.29 is 19.0 Å². The normalized spacial score (nSPS) is 14.7.